The van der Waals surface area contributed by atoms with Gasteiger partial charge in [-0.2, -0.15) is 5.10 Å². The first-order valence-corrected chi connectivity index (χ1v) is 4.92. The molecule has 0 saturated heterocycles. The molecule has 14 heavy (non-hydrogen) atoms. The summed E-state index contributed by atoms with van der Waals surface area (Å²) in [5.74, 6) is 1.15. The van der Waals surface area contributed by atoms with Crippen molar-refractivity contribution in [2.45, 2.75) is 33.2 Å². The van der Waals surface area contributed by atoms with Crippen molar-refractivity contribution in [2.24, 2.45) is 0 Å². The molecular weight excluding hydrogens is 178 g/mol. The van der Waals surface area contributed by atoms with Crippen molar-refractivity contribution in [1.29, 1.82) is 0 Å². The van der Waals surface area contributed by atoms with E-state index in [-0.39, 0.29) is 5.91 Å². The molecule has 0 N–H and O–H groups in total. The number of amides is 1. The van der Waals surface area contributed by atoms with Crippen molar-refractivity contribution < 1.29 is 4.79 Å². The Labute approximate surface area is 83.5 Å². The standard InChI is InChI=1S/C10H15N3O/c1-7-8(2)11-13-6-4-5-9(14)12(3)10(7)13/h4-6H2,1-3H3. The van der Waals surface area contributed by atoms with Gasteiger partial charge in [-0.1, -0.05) is 0 Å². The van der Waals surface area contributed by atoms with Gasteiger partial charge in [0.2, 0.25) is 5.91 Å². The van der Waals surface area contributed by atoms with E-state index in [1.807, 2.05) is 25.6 Å². The molecule has 0 saturated carbocycles. The molecule has 0 unspecified atom stereocenters. The van der Waals surface area contributed by atoms with Gasteiger partial charge in [-0.3, -0.25) is 9.69 Å². The minimum atomic E-state index is 0.187. The quantitative estimate of drug-likeness (QED) is 0.622. The predicted octanol–water partition coefficient (Wildman–Crippen LogP) is 1.26. The summed E-state index contributed by atoms with van der Waals surface area (Å²) < 4.78 is 1.94. The number of rotatable bonds is 0. The maximum absolute atomic E-state index is 11.6. The molecule has 1 aliphatic rings. The third-order valence-corrected chi connectivity index (χ3v) is 2.85. The van der Waals surface area contributed by atoms with Gasteiger partial charge in [0, 0.05) is 25.6 Å². The van der Waals surface area contributed by atoms with Crippen LogP contribution in [0.1, 0.15) is 24.1 Å². The number of hydrogen-bond acceptors (Lipinski definition) is 2. The first kappa shape index (κ1) is 9.24. The summed E-state index contributed by atoms with van der Waals surface area (Å²) >= 11 is 0. The number of nitrogens with zero attached hydrogens (tertiary/aromatic N) is 3. The minimum Gasteiger partial charge on any atom is -0.300 e. The van der Waals surface area contributed by atoms with E-state index in [2.05, 4.69) is 5.10 Å². The average molecular weight is 193 g/mol. The van der Waals surface area contributed by atoms with Crippen molar-refractivity contribution in [3.05, 3.63) is 11.3 Å². The number of carbonyl (C=O) groups excluding carboxylic acids is 1. The van der Waals surface area contributed by atoms with Crippen molar-refractivity contribution in [2.75, 3.05) is 11.9 Å². The molecule has 0 fully saturated rings. The van der Waals surface area contributed by atoms with Crippen LogP contribution in [0.5, 0.6) is 0 Å². The van der Waals surface area contributed by atoms with Gasteiger partial charge in [0.15, 0.2) is 0 Å². The van der Waals surface area contributed by atoms with Crippen molar-refractivity contribution >= 4 is 11.7 Å². The highest BCUT2D eigenvalue weighted by Gasteiger charge is 2.22. The Hall–Kier alpha value is -1.32. The molecule has 2 heterocycles. The van der Waals surface area contributed by atoms with Crippen LogP contribution in [0.15, 0.2) is 0 Å². The number of aryl methyl sites for hydroxylation is 2. The van der Waals surface area contributed by atoms with Crippen molar-refractivity contribution in [3.63, 3.8) is 0 Å². The minimum absolute atomic E-state index is 0.187. The molecule has 0 aromatic carbocycles. The van der Waals surface area contributed by atoms with Crippen LogP contribution in [0.2, 0.25) is 0 Å². The monoisotopic (exact) mass is 193 g/mol. The lowest BCUT2D eigenvalue weighted by atomic mass is 10.2. The molecule has 0 spiro atoms. The third kappa shape index (κ3) is 1.22. The molecule has 76 valence electrons. The summed E-state index contributed by atoms with van der Waals surface area (Å²) in [4.78, 5) is 13.3. The van der Waals surface area contributed by atoms with Gasteiger partial charge in [-0.25, -0.2) is 4.68 Å². The van der Waals surface area contributed by atoms with Gasteiger partial charge >= 0.3 is 0 Å². The molecule has 1 aromatic heterocycles. The van der Waals surface area contributed by atoms with Gasteiger partial charge in [0.05, 0.1) is 5.69 Å². The number of anilines is 1. The van der Waals surface area contributed by atoms with E-state index >= 15 is 0 Å². The van der Waals surface area contributed by atoms with E-state index < -0.39 is 0 Å². The Kier molecular flexibility index (Phi) is 2.06. The highest BCUT2D eigenvalue weighted by atomic mass is 16.2. The van der Waals surface area contributed by atoms with E-state index in [0.717, 1.165) is 30.0 Å². The highest BCUT2D eigenvalue weighted by Crippen LogP contribution is 2.25. The van der Waals surface area contributed by atoms with Crippen LogP contribution in [-0.4, -0.2) is 22.7 Å². The fourth-order valence-corrected chi connectivity index (χ4v) is 1.91. The van der Waals surface area contributed by atoms with Gasteiger partial charge < -0.3 is 0 Å². The van der Waals surface area contributed by atoms with Gasteiger partial charge in [0.1, 0.15) is 5.82 Å². The normalized spacial score (nSPS) is 16.8. The fourth-order valence-electron chi connectivity index (χ4n) is 1.91. The lowest BCUT2D eigenvalue weighted by molar-refractivity contribution is -0.118. The Morgan fingerprint density at radius 2 is 2.07 bits per heavy atom. The van der Waals surface area contributed by atoms with Crippen molar-refractivity contribution in [3.8, 4) is 0 Å². The van der Waals surface area contributed by atoms with E-state index in [0.29, 0.717) is 6.42 Å². The van der Waals surface area contributed by atoms with Gasteiger partial charge in [0.25, 0.3) is 0 Å². The molecule has 0 aliphatic carbocycles. The van der Waals surface area contributed by atoms with E-state index in [9.17, 15) is 4.79 Å². The highest BCUT2D eigenvalue weighted by molar-refractivity contribution is 5.93. The second-order valence-electron chi connectivity index (χ2n) is 3.81. The van der Waals surface area contributed by atoms with Gasteiger partial charge in [-0.15, -0.1) is 0 Å². The fraction of sp³-hybridized carbons (Fsp3) is 0.600. The molecule has 1 aromatic rings. The largest absolute Gasteiger partial charge is 0.300 e. The summed E-state index contributed by atoms with van der Waals surface area (Å²) in [6.07, 6.45) is 1.51. The Balaban J connectivity index is 2.54. The Morgan fingerprint density at radius 3 is 2.79 bits per heavy atom. The average Bonchev–Trinajstić information content (AvgIpc) is 2.33. The first-order chi connectivity index (χ1) is 6.61. The SMILES string of the molecule is Cc1nn2c(c1C)N(C)C(=O)CCC2. The second-order valence-corrected chi connectivity index (χ2v) is 3.81. The topological polar surface area (TPSA) is 38.1 Å². The lowest BCUT2D eigenvalue weighted by Gasteiger charge is -2.15. The van der Waals surface area contributed by atoms with Crippen LogP contribution >= 0.6 is 0 Å². The van der Waals surface area contributed by atoms with Crippen LogP contribution in [0.3, 0.4) is 0 Å². The number of aromatic nitrogens is 2. The van der Waals surface area contributed by atoms with Crippen LogP contribution in [0, 0.1) is 13.8 Å². The first-order valence-electron chi connectivity index (χ1n) is 4.92. The third-order valence-electron chi connectivity index (χ3n) is 2.85. The number of hydrogen-bond donors (Lipinski definition) is 0. The summed E-state index contributed by atoms with van der Waals surface area (Å²) in [7, 11) is 1.83. The Morgan fingerprint density at radius 1 is 1.36 bits per heavy atom. The van der Waals surface area contributed by atoms with Crippen LogP contribution in [-0.2, 0) is 11.3 Å². The summed E-state index contributed by atoms with van der Waals surface area (Å²) in [5, 5.41) is 4.42. The molecule has 4 nitrogen and oxygen atoms in total. The second kappa shape index (κ2) is 3.12. The van der Waals surface area contributed by atoms with Crippen LogP contribution < -0.4 is 4.90 Å². The van der Waals surface area contributed by atoms with Gasteiger partial charge in [-0.05, 0) is 20.3 Å². The van der Waals surface area contributed by atoms with Crippen LogP contribution in [0.4, 0.5) is 5.82 Å². The Bertz CT molecular complexity index is 381. The maximum Gasteiger partial charge on any atom is 0.227 e. The maximum atomic E-state index is 11.6. The van der Waals surface area contributed by atoms with E-state index in [4.69, 9.17) is 0 Å². The molecule has 4 heteroatoms. The summed E-state index contributed by atoms with van der Waals surface area (Å²) in [6, 6.07) is 0. The predicted molar refractivity (Wildman–Crippen MR) is 54.3 cm³/mol. The lowest BCUT2D eigenvalue weighted by Crippen LogP contribution is -2.26. The molecule has 0 atom stereocenters. The van der Waals surface area contributed by atoms with E-state index in [1.54, 1.807) is 4.90 Å². The molecule has 0 radical (unpaired) electrons. The molecule has 2 rings (SSSR count). The number of carbonyl (C=O) groups is 1. The van der Waals surface area contributed by atoms with Crippen molar-refractivity contribution in [1.82, 2.24) is 9.78 Å². The molecular formula is C10H15N3O. The zero-order chi connectivity index (χ0) is 10.3. The number of fused-ring (bicyclic) bond motifs is 1. The summed E-state index contributed by atoms with van der Waals surface area (Å²) in [5.41, 5.74) is 2.13. The summed E-state index contributed by atoms with van der Waals surface area (Å²) in [6.45, 7) is 4.85. The molecule has 1 amide bonds. The zero-order valence-corrected chi connectivity index (χ0v) is 8.87. The van der Waals surface area contributed by atoms with E-state index in [1.165, 1.54) is 0 Å². The zero-order valence-electron chi connectivity index (χ0n) is 8.87. The van der Waals surface area contributed by atoms with Crippen LogP contribution in [0.25, 0.3) is 0 Å². The smallest absolute Gasteiger partial charge is 0.227 e. The molecule has 0 bridgehead atoms. The molecule has 1 aliphatic heterocycles.